The Morgan fingerprint density at radius 1 is 1.33 bits per heavy atom. The Hall–Kier alpha value is -0.810. The molecule has 5 heteroatoms. The summed E-state index contributed by atoms with van der Waals surface area (Å²) in [5.41, 5.74) is 1.12. The van der Waals surface area contributed by atoms with Crippen molar-refractivity contribution in [1.82, 2.24) is 10.2 Å². The van der Waals surface area contributed by atoms with Crippen LogP contribution in [0.25, 0.3) is 0 Å². The second-order valence-electron chi connectivity index (χ2n) is 5.23. The summed E-state index contributed by atoms with van der Waals surface area (Å²) in [6.07, 6.45) is 1.01. The molecule has 0 unspecified atom stereocenters. The predicted octanol–water partition coefficient (Wildman–Crippen LogP) is 2.55. The van der Waals surface area contributed by atoms with E-state index in [9.17, 15) is 0 Å². The number of hydrogen-bond donors (Lipinski definition) is 1. The SMILES string of the molecule is CCCOc1ccc(Cl)cc1CNCCN1CCOCC1. The highest BCUT2D eigenvalue weighted by molar-refractivity contribution is 6.30. The topological polar surface area (TPSA) is 33.7 Å². The van der Waals surface area contributed by atoms with Crippen molar-refractivity contribution in [1.29, 1.82) is 0 Å². The van der Waals surface area contributed by atoms with Gasteiger partial charge in [0.15, 0.2) is 0 Å². The van der Waals surface area contributed by atoms with Crippen LogP contribution in [0.2, 0.25) is 5.02 Å². The Kier molecular flexibility index (Phi) is 7.30. The van der Waals surface area contributed by atoms with E-state index >= 15 is 0 Å². The molecular formula is C16H25ClN2O2. The van der Waals surface area contributed by atoms with Gasteiger partial charge in [-0.05, 0) is 24.6 Å². The molecule has 0 bridgehead atoms. The average molecular weight is 313 g/mol. The van der Waals surface area contributed by atoms with Crippen molar-refractivity contribution in [2.24, 2.45) is 0 Å². The molecule has 1 aromatic carbocycles. The molecule has 1 N–H and O–H groups in total. The molecule has 1 aromatic rings. The Morgan fingerprint density at radius 3 is 2.90 bits per heavy atom. The summed E-state index contributed by atoms with van der Waals surface area (Å²) in [6.45, 7) is 9.40. The quantitative estimate of drug-likeness (QED) is 0.748. The standard InChI is InChI=1S/C16H25ClN2O2/c1-2-9-21-16-4-3-15(17)12-14(16)13-18-5-6-19-7-10-20-11-8-19/h3-4,12,18H,2,5-11,13H2,1H3. The van der Waals surface area contributed by atoms with Gasteiger partial charge in [0.05, 0.1) is 19.8 Å². The van der Waals surface area contributed by atoms with Gasteiger partial charge < -0.3 is 14.8 Å². The van der Waals surface area contributed by atoms with Gasteiger partial charge in [-0.15, -0.1) is 0 Å². The fraction of sp³-hybridized carbons (Fsp3) is 0.625. The Bertz CT molecular complexity index is 423. The fourth-order valence-electron chi connectivity index (χ4n) is 2.32. The van der Waals surface area contributed by atoms with E-state index in [1.165, 1.54) is 0 Å². The molecule has 2 rings (SSSR count). The zero-order valence-corrected chi connectivity index (χ0v) is 13.5. The number of hydrogen-bond acceptors (Lipinski definition) is 4. The summed E-state index contributed by atoms with van der Waals surface area (Å²) < 4.78 is 11.1. The minimum absolute atomic E-state index is 0.739. The maximum absolute atomic E-state index is 6.08. The van der Waals surface area contributed by atoms with Crippen molar-refractivity contribution < 1.29 is 9.47 Å². The molecule has 0 aliphatic carbocycles. The van der Waals surface area contributed by atoms with Crippen LogP contribution in [0, 0.1) is 0 Å². The second kappa shape index (κ2) is 9.26. The highest BCUT2D eigenvalue weighted by atomic mass is 35.5. The van der Waals surface area contributed by atoms with Gasteiger partial charge in [0.25, 0.3) is 0 Å². The lowest BCUT2D eigenvalue weighted by atomic mass is 10.2. The smallest absolute Gasteiger partial charge is 0.123 e. The van der Waals surface area contributed by atoms with Crippen molar-refractivity contribution in [3.05, 3.63) is 28.8 Å². The Labute approximate surface area is 132 Å². The van der Waals surface area contributed by atoms with Crippen LogP contribution in [0.3, 0.4) is 0 Å². The highest BCUT2D eigenvalue weighted by Gasteiger charge is 2.09. The molecule has 0 atom stereocenters. The van der Waals surface area contributed by atoms with Gasteiger partial charge >= 0.3 is 0 Å². The summed E-state index contributed by atoms with van der Waals surface area (Å²) >= 11 is 6.08. The van der Waals surface area contributed by atoms with Crippen LogP contribution < -0.4 is 10.1 Å². The zero-order chi connectivity index (χ0) is 14.9. The monoisotopic (exact) mass is 312 g/mol. The van der Waals surface area contributed by atoms with Crippen LogP contribution in [0.15, 0.2) is 18.2 Å². The van der Waals surface area contributed by atoms with Crippen molar-refractivity contribution in [2.45, 2.75) is 19.9 Å². The van der Waals surface area contributed by atoms with Crippen molar-refractivity contribution in [3.8, 4) is 5.75 Å². The summed E-state index contributed by atoms with van der Waals surface area (Å²) in [5.74, 6) is 0.931. The first-order valence-electron chi connectivity index (χ1n) is 7.71. The maximum atomic E-state index is 6.08. The first kappa shape index (κ1) is 16.6. The third kappa shape index (κ3) is 5.83. The van der Waals surface area contributed by atoms with Crippen molar-refractivity contribution >= 4 is 11.6 Å². The lowest BCUT2D eigenvalue weighted by Crippen LogP contribution is -2.40. The Morgan fingerprint density at radius 2 is 2.14 bits per heavy atom. The minimum Gasteiger partial charge on any atom is -0.493 e. The van der Waals surface area contributed by atoms with Gasteiger partial charge in [-0.2, -0.15) is 0 Å². The van der Waals surface area contributed by atoms with Crippen LogP contribution in [0.5, 0.6) is 5.75 Å². The number of nitrogens with one attached hydrogen (secondary N) is 1. The van der Waals surface area contributed by atoms with Crippen LogP contribution in [-0.2, 0) is 11.3 Å². The molecule has 4 nitrogen and oxygen atoms in total. The van der Waals surface area contributed by atoms with Crippen molar-refractivity contribution in [2.75, 3.05) is 46.0 Å². The molecule has 1 heterocycles. The molecule has 1 fully saturated rings. The molecule has 1 aliphatic rings. The molecular weight excluding hydrogens is 288 g/mol. The van der Waals surface area contributed by atoms with Gasteiger partial charge in [-0.1, -0.05) is 18.5 Å². The van der Waals surface area contributed by atoms with E-state index in [4.69, 9.17) is 21.1 Å². The van der Waals surface area contributed by atoms with Crippen molar-refractivity contribution in [3.63, 3.8) is 0 Å². The van der Waals surface area contributed by atoms with E-state index in [2.05, 4.69) is 17.1 Å². The molecule has 1 aliphatic heterocycles. The van der Waals surface area contributed by atoms with E-state index < -0.39 is 0 Å². The molecule has 1 saturated heterocycles. The van der Waals surface area contributed by atoms with Crippen LogP contribution in [0.1, 0.15) is 18.9 Å². The molecule has 0 aromatic heterocycles. The number of morpholine rings is 1. The van der Waals surface area contributed by atoms with Crippen LogP contribution in [-0.4, -0.2) is 50.9 Å². The Balaban J connectivity index is 1.77. The lowest BCUT2D eigenvalue weighted by Gasteiger charge is -2.26. The summed E-state index contributed by atoms with van der Waals surface area (Å²) in [7, 11) is 0. The molecule has 0 saturated carbocycles. The van der Waals surface area contributed by atoms with Crippen LogP contribution in [0.4, 0.5) is 0 Å². The molecule has 0 amide bonds. The zero-order valence-electron chi connectivity index (χ0n) is 12.7. The maximum Gasteiger partial charge on any atom is 0.123 e. The van der Waals surface area contributed by atoms with Gasteiger partial charge in [-0.25, -0.2) is 0 Å². The van der Waals surface area contributed by atoms with E-state index in [0.29, 0.717) is 0 Å². The second-order valence-corrected chi connectivity index (χ2v) is 5.67. The van der Waals surface area contributed by atoms with Gasteiger partial charge in [0.2, 0.25) is 0 Å². The first-order valence-corrected chi connectivity index (χ1v) is 8.09. The van der Waals surface area contributed by atoms with Gasteiger partial charge in [0.1, 0.15) is 5.75 Å². The number of ether oxygens (including phenoxy) is 2. The van der Waals surface area contributed by atoms with E-state index in [1.807, 2.05) is 18.2 Å². The first-order chi connectivity index (χ1) is 10.3. The number of halogens is 1. The van der Waals surface area contributed by atoms with E-state index in [1.54, 1.807) is 0 Å². The summed E-state index contributed by atoms with van der Waals surface area (Å²) in [6, 6.07) is 5.81. The summed E-state index contributed by atoms with van der Waals surface area (Å²) in [5, 5.41) is 4.23. The van der Waals surface area contributed by atoms with Gasteiger partial charge in [0, 0.05) is 43.3 Å². The number of rotatable bonds is 8. The predicted molar refractivity (Wildman–Crippen MR) is 86.2 cm³/mol. The fourth-order valence-corrected chi connectivity index (χ4v) is 2.52. The highest BCUT2D eigenvalue weighted by Crippen LogP contribution is 2.23. The third-order valence-corrected chi connectivity index (χ3v) is 3.74. The average Bonchev–Trinajstić information content (AvgIpc) is 2.52. The van der Waals surface area contributed by atoms with E-state index in [-0.39, 0.29) is 0 Å². The molecule has 0 spiro atoms. The number of nitrogens with zero attached hydrogens (tertiary/aromatic N) is 1. The lowest BCUT2D eigenvalue weighted by molar-refractivity contribution is 0.0384. The van der Waals surface area contributed by atoms with Crippen LogP contribution >= 0.6 is 11.6 Å². The van der Waals surface area contributed by atoms with Gasteiger partial charge in [-0.3, -0.25) is 4.90 Å². The largest absolute Gasteiger partial charge is 0.493 e. The molecule has 0 radical (unpaired) electrons. The molecule has 21 heavy (non-hydrogen) atoms. The normalized spacial score (nSPS) is 16.1. The molecule has 118 valence electrons. The summed E-state index contributed by atoms with van der Waals surface area (Å²) in [4.78, 5) is 2.42. The number of benzene rings is 1. The minimum atomic E-state index is 0.739. The third-order valence-electron chi connectivity index (χ3n) is 3.51. The van der Waals surface area contributed by atoms with E-state index in [0.717, 1.165) is 75.3 Å².